The standard InChI is InChI=1S/C19H25N3O3/c1-13-8-14(2)10-16(9-13)22-19(20)21-12-15-4-5-17(25-7-6-23)18(11-15)24-3/h4-5,8-11,23H,6-7,12H2,1-3H3,(H3,20,21,22). The largest absolute Gasteiger partial charge is 0.493 e. The first-order valence-corrected chi connectivity index (χ1v) is 8.07. The number of rotatable bonds is 7. The van der Waals surface area contributed by atoms with E-state index >= 15 is 0 Å². The first-order chi connectivity index (χ1) is 12.0. The van der Waals surface area contributed by atoms with Gasteiger partial charge in [0.05, 0.1) is 20.3 Å². The third-order valence-corrected chi connectivity index (χ3v) is 3.50. The van der Waals surface area contributed by atoms with Gasteiger partial charge in [-0.2, -0.15) is 0 Å². The number of aliphatic imine (C=N–C) groups is 1. The Morgan fingerprint density at radius 2 is 1.84 bits per heavy atom. The summed E-state index contributed by atoms with van der Waals surface area (Å²) in [6, 6.07) is 11.7. The fraction of sp³-hybridized carbons (Fsp3) is 0.316. The zero-order chi connectivity index (χ0) is 18.2. The van der Waals surface area contributed by atoms with Gasteiger partial charge >= 0.3 is 0 Å². The molecule has 0 saturated heterocycles. The highest BCUT2D eigenvalue weighted by Crippen LogP contribution is 2.28. The van der Waals surface area contributed by atoms with Crippen molar-refractivity contribution in [3.63, 3.8) is 0 Å². The summed E-state index contributed by atoms with van der Waals surface area (Å²) in [7, 11) is 1.57. The minimum atomic E-state index is -0.0458. The molecule has 0 saturated carbocycles. The molecule has 25 heavy (non-hydrogen) atoms. The number of hydrogen-bond acceptors (Lipinski definition) is 4. The number of hydrogen-bond donors (Lipinski definition) is 3. The molecule has 2 rings (SSSR count). The molecule has 0 heterocycles. The van der Waals surface area contributed by atoms with Crippen molar-refractivity contribution in [1.29, 1.82) is 0 Å². The van der Waals surface area contributed by atoms with Gasteiger partial charge in [-0.05, 0) is 54.8 Å². The molecule has 0 amide bonds. The Balaban J connectivity index is 2.04. The Morgan fingerprint density at radius 3 is 2.48 bits per heavy atom. The van der Waals surface area contributed by atoms with E-state index < -0.39 is 0 Å². The number of anilines is 1. The van der Waals surface area contributed by atoms with Gasteiger partial charge in [0, 0.05) is 5.69 Å². The lowest BCUT2D eigenvalue weighted by atomic mass is 10.1. The molecule has 0 aliphatic carbocycles. The highest BCUT2D eigenvalue weighted by Gasteiger charge is 2.06. The smallest absolute Gasteiger partial charge is 0.193 e. The van der Waals surface area contributed by atoms with E-state index in [1.807, 2.05) is 38.1 Å². The molecule has 0 aliphatic rings. The predicted octanol–water partition coefficient (Wildman–Crippen LogP) is 2.61. The molecule has 0 atom stereocenters. The number of methoxy groups -OCH3 is 1. The molecular weight excluding hydrogens is 318 g/mol. The predicted molar refractivity (Wildman–Crippen MR) is 100 cm³/mol. The van der Waals surface area contributed by atoms with Crippen LogP contribution >= 0.6 is 0 Å². The second-order valence-electron chi connectivity index (χ2n) is 5.76. The van der Waals surface area contributed by atoms with Gasteiger partial charge in [0.2, 0.25) is 0 Å². The van der Waals surface area contributed by atoms with Crippen LogP contribution in [0.3, 0.4) is 0 Å². The summed E-state index contributed by atoms with van der Waals surface area (Å²) in [6.45, 7) is 4.67. The van der Waals surface area contributed by atoms with Crippen molar-refractivity contribution >= 4 is 11.6 Å². The molecule has 0 fully saturated rings. The number of guanidine groups is 1. The van der Waals surface area contributed by atoms with E-state index in [0.717, 1.165) is 11.3 Å². The van der Waals surface area contributed by atoms with E-state index in [0.29, 0.717) is 24.0 Å². The number of nitrogens with one attached hydrogen (secondary N) is 1. The summed E-state index contributed by atoms with van der Waals surface area (Å²) >= 11 is 0. The Labute approximate surface area is 148 Å². The summed E-state index contributed by atoms with van der Waals surface area (Å²) in [6.07, 6.45) is 0. The molecular formula is C19H25N3O3. The number of nitrogens with zero attached hydrogens (tertiary/aromatic N) is 1. The summed E-state index contributed by atoms with van der Waals surface area (Å²) < 4.78 is 10.7. The van der Waals surface area contributed by atoms with Crippen LogP contribution in [0.25, 0.3) is 0 Å². The van der Waals surface area contributed by atoms with Crippen LogP contribution in [0, 0.1) is 13.8 Å². The maximum Gasteiger partial charge on any atom is 0.193 e. The van der Waals surface area contributed by atoms with Gasteiger partial charge in [0.15, 0.2) is 17.5 Å². The van der Waals surface area contributed by atoms with Crippen LogP contribution in [0.15, 0.2) is 41.4 Å². The first-order valence-electron chi connectivity index (χ1n) is 8.07. The third-order valence-electron chi connectivity index (χ3n) is 3.50. The van der Waals surface area contributed by atoms with Crippen LogP contribution in [-0.2, 0) is 6.54 Å². The average Bonchev–Trinajstić information content (AvgIpc) is 2.57. The Kier molecular flexibility index (Phi) is 6.65. The molecule has 0 unspecified atom stereocenters. The van der Waals surface area contributed by atoms with Gasteiger partial charge in [-0.3, -0.25) is 0 Å². The number of benzene rings is 2. The molecule has 0 radical (unpaired) electrons. The molecule has 2 aromatic rings. The molecule has 0 bridgehead atoms. The van der Waals surface area contributed by atoms with Crippen molar-refractivity contribution in [2.45, 2.75) is 20.4 Å². The second kappa shape index (κ2) is 8.94. The van der Waals surface area contributed by atoms with Crippen molar-refractivity contribution in [3.05, 3.63) is 53.1 Å². The SMILES string of the molecule is COc1cc(CN=C(N)Nc2cc(C)cc(C)c2)ccc1OCCO. The fourth-order valence-corrected chi connectivity index (χ4v) is 2.50. The zero-order valence-corrected chi connectivity index (χ0v) is 14.9. The zero-order valence-electron chi connectivity index (χ0n) is 14.9. The molecule has 0 aromatic heterocycles. The molecule has 6 nitrogen and oxygen atoms in total. The van der Waals surface area contributed by atoms with E-state index in [-0.39, 0.29) is 13.2 Å². The lowest BCUT2D eigenvalue weighted by Crippen LogP contribution is -2.22. The topological polar surface area (TPSA) is 89.1 Å². The highest BCUT2D eigenvalue weighted by atomic mass is 16.5. The fourth-order valence-electron chi connectivity index (χ4n) is 2.50. The van der Waals surface area contributed by atoms with E-state index in [1.165, 1.54) is 11.1 Å². The Bertz CT molecular complexity index is 724. The van der Waals surface area contributed by atoms with Crippen LogP contribution in [0.5, 0.6) is 11.5 Å². The van der Waals surface area contributed by atoms with E-state index in [1.54, 1.807) is 13.2 Å². The number of ether oxygens (including phenoxy) is 2. The number of aliphatic hydroxyl groups is 1. The summed E-state index contributed by atoms with van der Waals surface area (Å²) in [5.74, 6) is 1.54. The van der Waals surface area contributed by atoms with Gasteiger partial charge in [-0.25, -0.2) is 4.99 Å². The maximum absolute atomic E-state index is 8.84. The first kappa shape index (κ1) is 18.6. The van der Waals surface area contributed by atoms with Crippen LogP contribution < -0.4 is 20.5 Å². The molecule has 6 heteroatoms. The number of aliphatic hydroxyl groups excluding tert-OH is 1. The van der Waals surface area contributed by atoms with Crippen molar-refractivity contribution in [2.75, 3.05) is 25.6 Å². The van der Waals surface area contributed by atoms with Crippen molar-refractivity contribution in [1.82, 2.24) is 0 Å². The van der Waals surface area contributed by atoms with Gasteiger partial charge < -0.3 is 25.6 Å². The normalized spacial score (nSPS) is 11.3. The maximum atomic E-state index is 8.84. The van der Waals surface area contributed by atoms with E-state index in [4.69, 9.17) is 20.3 Å². The van der Waals surface area contributed by atoms with E-state index in [9.17, 15) is 0 Å². The van der Waals surface area contributed by atoms with Crippen LogP contribution in [-0.4, -0.2) is 31.4 Å². The molecule has 0 spiro atoms. The van der Waals surface area contributed by atoms with Crippen LogP contribution in [0.4, 0.5) is 5.69 Å². The Morgan fingerprint density at radius 1 is 1.12 bits per heavy atom. The van der Waals surface area contributed by atoms with Crippen molar-refractivity contribution in [2.24, 2.45) is 10.7 Å². The summed E-state index contributed by atoms with van der Waals surface area (Å²) in [4.78, 5) is 4.36. The third kappa shape index (κ3) is 5.69. The van der Waals surface area contributed by atoms with Crippen LogP contribution in [0.2, 0.25) is 0 Å². The number of aryl methyl sites for hydroxylation is 2. The van der Waals surface area contributed by atoms with Crippen LogP contribution in [0.1, 0.15) is 16.7 Å². The van der Waals surface area contributed by atoms with E-state index in [2.05, 4.69) is 16.4 Å². The summed E-state index contributed by atoms with van der Waals surface area (Å²) in [5, 5.41) is 11.9. The molecule has 2 aromatic carbocycles. The summed E-state index contributed by atoms with van der Waals surface area (Å²) in [5.41, 5.74) is 10.2. The minimum Gasteiger partial charge on any atom is -0.493 e. The highest BCUT2D eigenvalue weighted by molar-refractivity contribution is 5.92. The van der Waals surface area contributed by atoms with Gasteiger partial charge in [0.25, 0.3) is 0 Å². The molecule has 134 valence electrons. The minimum absolute atomic E-state index is 0.0458. The average molecular weight is 343 g/mol. The van der Waals surface area contributed by atoms with Crippen molar-refractivity contribution < 1.29 is 14.6 Å². The Hall–Kier alpha value is -2.73. The quantitative estimate of drug-likeness (QED) is 0.531. The molecule has 4 N–H and O–H groups in total. The number of nitrogens with two attached hydrogens (primary N) is 1. The molecule has 0 aliphatic heterocycles. The van der Waals surface area contributed by atoms with Gasteiger partial charge in [-0.15, -0.1) is 0 Å². The lowest BCUT2D eigenvalue weighted by molar-refractivity contribution is 0.196. The second-order valence-corrected chi connectivity index (χ2v) is 5.76. The monoisotopic (exact) mass is 343 g/mol. The lowest BCUT2D eigenvalue weighted by Gasteiger charge is -2.11. The van der Waals surface area contributed by atoms with Gasteiger partial charge in [-0.1, -0.05) is 12.1 Å². The van der Waals surface area contributed by atoms with Crippen molar-refractivity contribution in [3.8, 4) is 11.5 Å². The van der Waals surface area contributed by atoms with Gasteiger partial charge in [0.1, 0.15) is 6.61 Å².